The second kappa shape index (κ2) is 3.09. The minimum Gasteiger partial charge on any atom is -0.301 e. The fourth-order valence-corrected chi connectivity index (χ4v) is 0.752. The predicted molar refractivity (Wildman–Crippen MR) is 39.3 cm³/mol. The number of hydrogen-bond donors (Lipinski definition) is 0. The SMILES string of the molecule is Cc1ccc(=O)n(CC=O)n1. The zero-order chi connectivity index (χ0) is 8.27. The molecule has 1 aromatic heterocycles. The minimum absolute atomic E-state index is 0.0283. The Hall–Kier alpha value is -1.45. The van der Waals surface area contributed by atoms with Crippen molar-refractivity contribution in [2.75, 3.05) is 0 Å². The fourth-order valence-electron chi connectivity index (χ4n) is 0.752. The van der Waals surface area contributed by atoms with Crippen molar-refractivity contribution in [3.63, 3.8) is 0 Å². The molecule has 0 N–H and O–H groups in total. The van der Waals surface area contributed by atoms with Gasteiger partial charge in [-0.15, -0.1) is 0 Å². The van der Waals surface area contributed by atoms with Crippen LogP contribution in [0.25, 0.3) is 0 Å². The molecular formula is C7H8N2O2. The van der Waals surface area contributed by atoms with Gasteiger partial charge >= 0.3 is 0 Å². The van der Waals surface area contributed by atoms with Crippen LogP contribution in [0.4, 0.5) is 0 Å². The van der Waals surface area contributed by atoms with Gasteiger partial charge in [0.15, 0.2) is 0 Å². The molecule has 0 atom stereocenters. The molecule has 1 aromatic rings. The second-order valence-corrected chi connectivity index (χ2v) is 2.16. The summed E-state index contributed by atoms with van der Waals surface area (Å²) in [5.41, 5.74) is 0.481. The van der Waals surface area contributed by atoms with E-state index in [0.717, 1.165) is 10.4 Å². The monoisotopic (exact) mass is 152 g/mol. The van der Waals surface area contributed by atoms with E-state index >= 15 is 0 Å². The van der Waals surface area contributed by atoms with Gasteiger partial charge in [0.25, 0.3) is 5.56 Å². The Morgan fingerprint density at radius 1 is 1.64 bits per heavy atom. The van der Waals surface area contributed by atoms with E-state index in [1.165, 1.54) is 6.07 Å². The maximum atomic E-state index is 10.9. The minimum atomic E-state index is -0.247. The predicted octanol–water partition coefficient (Wildman–Crippen LogP) is -0.249. The summed E-state index contributed by atoms with van der Waals surface area (Å²) in [6.07, 6.45) is 0.647. The number of rotatable bonds is 2. The molecule has 0 amide bonds. The van der Waals surface area contributed by atoms with Gasteiger partial charge in [-0.2, -0.15) is 5.10 Å². The van der Waals surface area contributed by atoms with Gasteiger partial charge in [0.1, 0.15) is 12.8 Å². The molecule has 0 saturated carbocycles. The molecule has 11 heavy (non-hydrogen) atoms. The van der Waals surface area contributed by atoms with Crippen LogP contribution in [-0.4, -0.2) is 16.1 Å². The van der Waals surface area contributed by atoms with Gasteiger partial charge in [0.2, 0.25) is 0 Å². The van der Waals surface area contributed by atoms with Crippen LogP contribution in [0, 0.1) is 6.92 Å². The van der Waals surface area contributed by atoms with E-state index in [1.807, 2.05) is 0 Å². The third kappa shape index (κ3) is 1.73. The Bertz CT molecular complexity index is 316. The van der Waals surface area contributed by atoms with Gasteiger partial charge in [0.05, 0.1) is 5.69 Å². The molecule has 0 aliphatic carbocycles. The Kier molecular flexibility index (Phi) is 2.15. The first-order valence-electron chi connectivity index (χ1n) is 3.22. The summed E-state index contributed by atoms with van der Waals surface area (Å²) in [5, 5.41) is 3.84. The smallest absolute Gasteiger partial charge is 0.267 e. The summed E-state index contributed by atoms with van der Waals surface area (Å²) in [6, 6.07) is 3.01. The van der Waals surface area contributed by atoms with Gasteiger partial charge in [-0.3, -0.25) is 4.79 Å². The quantitative estimate of drug-likeness (QED) is 0.549. The van der Waals surface area contributed by atoms with E-state index < -0.39 is 0 Å². The van der Waals surface area contributed by atoms with Crippen LogP contribution >= 0.6 is 0 Å². The summed E-state index contributed by atoms with van der Waals surface area (Å²) in [7, 11) is 0. The van der Waals surface area contributed by atoms with E-state index in [4.69, 9.17) is 0 Å². The molecule has 0 spiro atoms. The molecular weight excluding hydrogens is 144 g/mol. The molecule has 0 bridgehead atoms. The summed E-state index contributed by atoms with van der Waals surface area (Å²) in [6.45, 7) is 1.79. The number of aldehydes is 1. The molecule has 58 valence electrons. The van der Waals surface area contributed by atoms with E-state index in [0.29, 0.717) is 6.29 Å². The molecule has 0 saturated heterocycles. The topological polar surface area (TPSA) is 52.0 Å². The van der Waals surface area contributed by atoms with E-state index in [-0.39, 0.29) is 12.1 Å². The molecule has 1 heterocycles. The molecule has 0 unspecified atom stereocenters. The number of hydrogen-bond acceptors (Lipinski definition) is 3. The lowest BCUT2D eigenvalue weighted by Crippen LogP contribution is -2.22. The maximum absolute atomic E-state index is 10.9. The Morgan fingerprint density at radius 3 is 3.00 bits per heavy atom. The molecule has 0 aliphatic heterocycles. The van der Waals surface area contributed by atoms with Gasteiger partial charge in [-0.1, -0.05) is 0 Å². The number of aromatic nitrogens is 2. The molecule has 0 radical (unpaired) electrons. The Balaban J connectivity index is 3.12. The molecule has 1 rings (SSSR count). The lowest BCUT2D eigenvalue weighted by atomic mass is 10.4. The Morgan fingerprint density at radius 2 is 2.36 bits per heavy atom. The van der Waals surface area contributed by atoms with Crippen LogP contribution < -0.4 is 5.56 Å². The number of nitrogens with zero attached hydrogens (tertiary/aromatic N) is 2. The van der Waals surface area contributed by atoms with Crippen molar-refractivity contribution in [1.82, 2.24) is 9.78 Å². The van der Waals surface area contributed by atoms with Gasteiger partial charge in [0, 0.05) is 6.07 Å². The third-order valence-corrected chi connectivity index (χ3v) is 1.25. The first-order valence-corrected chi connectivity index (χ1v) is 3.22. The number of carbonyl (C=O) groups excluding carboxylic acids is 1. The van der Waals surface area contributed by atoms with Crippen LogP contribution in [0.2, 0.25) is 0 Å². The van der Waals surface area contributed by atoms with Crippen LogP contribution in [0.15, 0.2) is 16.9 Å². The summed E-state index contributed by atoms with van der Waals surface area (Å²) >= 11 is 0. The highest BCUT2D eigenvalue weighted by atomic mass is 16.1. The van der Waals surface area contributed by atoms with Gasteiger partial charge in [-0.25, -0.2) is 4.68 Å². The molecule has 4 heteroatoms. The van der Waals surface area contributed by atoms with E-state index in [9.17, 15) is 9.59 Å². The van der Waals surface area contributed by atoms with Crippen molar-refractivity contribution in [2.45, 2.75) is 13.5 Å². The van der Waals surface area contributed by atoms with Crippen molar-refractivity contribution in [3.05, 3.63) is 28.2 Å². The average molecular weight is 152 g/mol. The molecule has 0 aliphatic rings. The fraction of sp³-hybridized carbons (Fsp3) is 0.286. The highest BCUT2D eigenvalue weighted by Crippen LogP contribution is 1.83. The lowest BCUT2D eigenvalue weighted by molar-refractivity contribution is -0.108. The summed E-state index contributed by atoms with van der Waals surface area (Å²) in [4.78, 5) is 20.9. The largest absolute Gasteiger partial charge is 0.301 e. The van der Waals surface area contributed by atoms with Crippen LogP contribution in [0.1, 0.15) is 5.69 Å². The van der Waals surface area contributed by atoms with E-state index in [1.54, 1.807) is 13.0 Å². The van der Waals surface area contributed by atoms with Gasteiger partial charge < -0.3 is 4.79 Å². The molecule has 0 fully saturated rings. The normalized spacial score (nSPS) is 9.55. The summed E-state index contributed by atoms with van der Waals surface area (Å²) in [5.74, 6) is 0. The van der Waals surface area contributed by atoms with Crippen molar-refractivity contribution in [1.29, 1.82) is 0 Å². The average Bonchev–Trinajstić information content (AvgIpc) is 1.98. The highest BCUT2D eigenvalue weighted by Gasteiger charge is 1.94. The van der Waals surface area contributed by atoms with Crippen molar-refractivity contribution >= 4 is 6.29 Å². The molecule has 4 nitrogen and oxygen atoms in total. The summed E-state index contributed by atoms with van der Waals surface area (Å²) < 4.78 is 1.13. The van der Waals surface area contributed by atoms with Crippen LogP contribution in [-0.2, 0) is 11.3 Å². The van der Waals surface area contributed by atoms with E-state index in [2.05, 4.69) is 5.10 Å². The molecule has 0 aromatic carbocycles. The maximum Gasteiger partial charge on any atom is 0.267 e. The highest BCUT2D eigenvalue weighted by molar-refractivity contribution is 5.48. The first kappa shape index (κ1) is 7.65. The van der Waals surface area contributed by atoms with Crippen molar-refractivity contribution < 1.29 is 4.79 Å². The standard InChI is InChI=1S/C7H8N2O2/c1-6-2-3-7(11)9(8-6)4-5-10/h2-3,5H,4H2,1H3. The van der Waals surface area contributed by atoms with Crippen molar-refractivity contribution in [2.24, 2.45) is 0 Å². The second-order valence-electron chi connectivity index (χ2n) is 2.16. The van der Waals surface area contributed by atoms with Crippen molar-refractivity contribution in [3.8, 4) is 0 Å². The van der Waals surface area contributed by atoms with Crippen LogP contribution in [0.3, 0.4) is 0 Å². The third-order valence-electron chi connectivity index (χ3n) is 1.25. The van der Waals surface area contributed by atoms with Gasteiger partial charge in [-0.05, 0) is 13.0 Å². The zero-order valence-corrected chi connectivity index (χ0v) is 6.15. The first-order chi connectivity index (χ1) is 5.24. The number of carbonyl (C=O) groups is 1. The van der Waals surface area contributed by atoms with Crippen LogP contribution in [0.5, 0.6) is 0 Å². The zero-order valence-electron chi connectivity index (χ0n) is 6.15. The lowest BCUT2D eigenvalue weighted by Gasteiger charge is -1.97. The number of aryl methyl sites for hydroxylation is 1. The Labute approximate surface area is 63.5 Å².